The third-order valence-electron chi connectivity index (χ3n) is 2.40. The Hall–Kier alpha value is -1.82. The van der Waals surface area contributed by atoms with Crippen LogP contribution in [0.5, 0.6) is 0 Å². The van der Waals surface area contributed by atoms with Crippen molar-refractivity contribution in [3.63, 3.8) is 0 Å². The van der Waals surface area contributed by atoms with Gasteiger partial charge in [-0.25, -0.2) is 9.78 Å². The lowest BCUT2D eigenvalue weighted by atomic mass is 10.1. The number of hydrogen-bond donors (Lipinski definition) is 1. The monoisotopic (exact) mass is 267 g/mol. The number of ether oxygens (including phenoxy) is 2. The molecule has 1 rings (SSSR count). The molecule has 1 aromatic rings. The highest BCUT2D eigenvalue weighted by atomic mass is 16.6. The fraction of sp³-hybridized carbons (Fsp3) is 0.538. The van der Waals surface area contributed by atoms with Crippen molar-refractivity contribution < 1.29 is 14.3 Å². The highest BCUT2D eigenvalue weighted by Crippen LogP contribution is 2.24. The van der Waals surface area contributed by atoms with Crippen molar-refractivity contribution in [3.05, 3.63) is 18.3 Å². The topological polar surface area (TPSA) is 77.7 Å². The first-order chi connectivity index (χ1) is 8.86. The van der Waals surface area contributed by atoms with Crippen LogP contribution in [-0.4, -0.2) is 36.9 Å². The zero-order chi connectivity index (χ0) is 14.5. The third kappa shape index (κ3) is 4.40. The summed E-state index contributed by atoms with van der Waals surface area (Å²) in [5.74, 6) is 0.408. The molecule has 1 aromatic heterocycles. The summed E-state index contributed by atoms with van der Waals surface area (Å²) >= 11 is 0. The highest BCUT2D eigenvalue weighted by Gasteiger charge is 2.29. The summed E-state index contributed by atoms with van der Waals surface area (Å²) in [6, 6.07) is 3.39. The molecule has 0 spiro atoms. The Balaban J connectivity index is 2.89. The maximum Gasteiger partial charge on any atom is 0.414 e. The number of nitrogen functional groups attached to an aromatic ring is 1. The van der Waals surface area contributed by atoms with E-state index >= 15 is 0 Å². The van der Waals surface area contributed by atoms with Gasteiger partial charge in [-0.15, -0.1) is 0 Å². The van der Waals surface area contributed by atoms with E-state index in [0.29, 0.717) is 18.1 Å². The number of rotatable bonds is 4. The van der Waals surface area contributed by atoms with Gasteiger partial charge in [-0.05, 0) is 32.9 Å². The number of carbonyl (C=O) groups is 1. The summed E-state index contributed by atoms with van der Waals surface area (Å²) in [6.45, 7) is 6.33. The van der Waals surface area contributed by atoms with Gasteiger partial charge in [0.15, 0.2) is 0 Å². The van der Waals surface area contributed by atoms with Crippen LogP contribution in [0, 0.1) is 0 Å². The minimum atomic E-state index is -0.434. The Kier molecular flexibility index (Phi) is 5.11. The molecule has 0 unspecified atom stereocenters. The van der Waals surface area contributed by atoms with E-state index in [2.05, 4.69) is 4.98 Å². The molecule has 0 atom stereocenters. The number of nitrogens with zero attached hydrogens (tertiary/aromatic N) is 2. The molecule has 1 amide bonds. The van der Waals surface area contributed by atoms with Crippen molar-refractivity contribution in [3.8, 4) is 0 Å². The number of methoxy groups -OCH3 is 1. The van der Waals surface area contributed by atoms with Gasteiger partial charge in [0, 0.05) is 12.6 Å². The van der Waals surface area contributed by atoms with Crippen LogP contribution in [0.15, 0.2) is 18.3 Å². The maximum absolute atomic E-state index is 12.1. The molecule has 1 heterocycles. The molecule has 0 fully saturated rings. The number of nitrogens with two attached hydrogens (primary N) is 1. The average molecular weight is 267 g/mol. The van der Waals surface area contributed by atoms with E-state index in [1.807, 2.05) is 20.8 Å². The Bertz CT molecular complexity index is 412. The summed E-state index contributed by atoms with van der Waals surface area (Å²) in [6.07, 6.45) is 1.12. The molecular weight excluding hydrogens is 246 g/mol. The molecule has 0 aliphatic rings. The largest absolute Gasteiger partial charge is 0.447 e. The van der Waals surface area contributed by atoms with Gasteiger partial charge in [-0.1, -0.05) is 0 Å². The standard InChI is InChI=1S/C13H21N3O3/c1-13(2,3)16(12(17)19-8-7-18-4)10-5-6-11(14)15-9-10/h5-6,9H,7-8H2,1-4H3,(H2,14,15). The summed E-state index contributed by atoms with van der Waals surface area (Å²) in [5, 5.41) is 0. The van der Waals surface area contributed by atoms with Crippen LogP contribution < -0.4 is 10.6 Å². The smallest absolute Gasteiger partial charge is 0.414 e. The van der Waals surface area contributed by atoms with E-state index < -0.39 is 11.6 Å². The summed E-state index contributed by atoms with van der Waals surface area (Å²) in [4.78, 5) is 17.7. The molecule has 0 aromatic carbocycles. The maximum atomic E-state index is 12.1. The van der Waals surface area contributed by atoms with Crippen molar-refractivity contribution >= 4 is 17.6 Å². The Labute approximate surface area is 113 Å². The van der Waals surface area contributed by atoms with Crippen molar-refractivity contribution in [2.45, 2.75) is 26.3 Å². The van der Waals surface area contributed by atoms with Crippen LogP contribution in [0.4, 0.5) is 16.3 Å². The van der Waals surface area contributed by atoms with Crippen LogP contribution in [0.2, 0.25) is 0 Å². The second-order valence-electron chi connectivity index (χ2n) is 5.05. The predicted octanol–water partition coefficient (Wildman–Crippen LogP) is 2.05. The van der Waals surface area contributed by atoms with Gasteiger partial charge in [0.25, 0.3) is 0 Å². The van der Waals surface area contributed by atoms with E-state index in [-0.39, 0.29) is 6.61 Å². The lowest BCUT2D eigenvalue weighted by Gasteiger charge is -2.34. The highest BCUT2D eigenvalue weighted by molar-refractivity contribution is 5.89. The van der Waals surface area contributed by atoms with Crippen molar-refractivity contribution in [2.24, 2.45) is 0 Å². The third-order valence-corrected chi connectivity index (χ3v) is 2.40. The quantitative estimate of drug-likeness (QED) is 0.845. The van der Waals surface area contributed by atoms with Gasteiger partial charge >= 0.3 is 6.09 Å². The number of aromatic nitrogens is 1. The van der Waals surface area contributed by atoms with Gasteiger partial charge in [-0.2, -0.15) is 0 Å². The van der Waals surface area contributed by atoms with E-state index in [9.17, 15) is 4.79 Å². The first kappa shape index (κ1) is 15.2. The zero-order valence-electron chi connectivity index (χ0n) is 11.8. The van der Waals surface area contributed by atoms with E-state index in [1.54, 1.807) is 25.4 Å². The van der Waals surface area contributed by atoms with E-state index in [1.165, 1.54) is 4.90 Å². The number of amides is 1. The normalized spacial score (nSPS) is 11.2. The van der Waals surface area contributed by atoms with Crippen LogP contribution in [0.25, 0.3) is 0 Å². The minimum Gasteiger partial charge on any atom is -0.447 e. The number of hydrogen-bond acceptors (Lipinski definition) is 5. The fourth-order valence-corrected chi connectivity index (χ4v) is 1.57. The second-order valence-corrected chi connectivity index (χ2v) is 5.05. The van der Waals surface area contributed by atoms with Crippen LogP contribution >= 0.6 is 0 Å². The van der Waals surface area contributed by atoms with Crippen molar-refractivity contribution in [2.75, 3.05) is 31.0 Å². The molecule has 0 aliphatic carbocycles. The molecule has 0 radical (unpaired) electrons. The first-order valence-corrected chi connectivity index (χ1v) is 6.03. The average Bonchev–Trinajstić information content (AvgIpc) is 2.30. The molecule has 0 saturated carbocycles. The molecule has 19 heavy (non-hydrogen) atoms. The van der Waals surface area contributed by atoms with Gasteiger partial charge in [0.05, 0.1) is 18.5 Å². The second kappa shape index (κ2) is 6.38. The van der Waals surface area contributed by atoms with Crippen molar-refractivity contribution in [1.82, 2.24) is 4.98 Å². The first-order valence-electron chi connectivity index (χ1n) is 6.03. The number of pyridine rings is 1. The Morgan fingerprint density at radius 2 is 2.05 bits per heavy atom. The Morgan fingerprint density at radius 3 is 2.53 bits per heavy atom. The summed E-state index contributed by atoms with van der Waals surface area (Å²) in [5.41, 5.74) is 5.76. The SMILES string of the molecule is COCCOC(=O)N(c1ccc(N)nc1)C(C)(C)C. The molecular formula is C13H21N3O3. The Morgan fingerprint density at radius 1 is 1.37 bits per heavy atom. The van der Waals surface area contributed by atoms with E-state index in [0.717, 1.165) is 0 Å². The van der Waals surface area contributed by atoms with Gasteiger partial charge in [0.1, 0.15) is 12.4 Å². The van der Waals surface area contributed by atoms with Crippen LogP contribution in [0.1, 0.15) is 20.8 Å². The zero-order valence-corrected chi connectivity index (χ0v) is 11.8. The lowest BCUT2D eigenvalue weighted by molar-refractivity contribution is 0.100. The van der Waals surface area contributed by atoms with Gasteiger partial charge < -0.3 is 15.2 Å². The van der Waals surface area contributed by atoms with Gasteiger partial charge in [-0.3, -0.25) is 4.90 Å². The van der Waals surface area contributed by atoms with Crippen LogP contribution in [0.3, 0.4) is 0 Å². The predicted molar refractivity (Wildman–Crippen MR) is 74.1 cm³/mol. The van der Waals surface area contributed by atoms with Crippen LogP contribution in [-0.2, 0) is 9.47 Å². The minimum absolute atomic E-state index is 0.213. The molecule has 0 bridgehead atoms. The fourth-order valence-electron chi connectivity index (χ4n) is 1.57. The number of carbonyl (C=O) groups excluding carboxylic acids is 1. The lowest BCUT2D eigenvalue weighted by Crippen LogP contribution is -2.46. The molecule has 6 heteroatoms. The number of anilines is 2. The summed E-state index contributed by atoms with van der Waals surface area (Å²) < 4.78 is 10.0. The molecule has 0 aliphatic heterocycles. The molecule has 0 saturated heterocycles. The molecule has 6 nitrogen and oxygen atoms in total. The molecule has 2 N–H and O–H groups in total. The molecule has 106 valence electrons. The van der Waals surface area contributed by atoms with Gasteiger partial charge in [0.2, 0.25) is 0 Å². The summed E-state index contributed by atoms with van der Waals surface area (Å²) in [7, 11) is 1.55. The van der Waals surface area contributed by atoms with E-state index in [4.69, 9.17) is 15.2 Å². The van der Waals surface area contributed by atoms with Crippen molar-refractivity contribution in [1.29, 1.82) is 0 Å².